The first-order valence-electron chi connectivity index (χ1n) is 13.2. The van der Waals surface area contributed by atoms with Gasteiger partial charge < -0.3 is 14.2 Å². The zero-order valence-electron chi connectivity index (χ0n) is 23.6. The van der Waals surface area contributed by atoms with Crippen LogP contribution in [0, 0.1) is 6.92 Å². The Bertz CT molecular complexity index is 1390. The molecular weight excluding hydrogens is 525 g/mol. The molecule has 0 radical (unpaired) electrons. The van der Waals surface area contributed by atoms with Gasteiger partial charge in [0, 0.05) is 23.2 Å². The summed E-state index contributed by atoms with van der Waals surface area (Å²) in [6, 6.07) is 7.01. The topological polar surface area (TPSA) is 70.0 Å². The van der Waals surface area contributed by atoms with Gasteiger partial charge >= 0.3 is 18.2 Å². The van der Waals surface area contributed by atoms with Gasteiger partial charge in [-0.25, -0.2) is 9.59 Å². The Labute approximate surface area is 231 Å². The highest BCUT2D eigenvalue weighted by Crippen LogP contribution is 2.50. The number of aryl methyl sites for hydroxylation is 1. The second-order valence-electron chi connectivity index (χ2n) is 11.0. The van der Waals surface area contributed by atoms with Crippen molar-refractivity contribution >= 4 is 23.0 Å². The number of carbonyl (C=O) groups is 2. The summed E-state index contributed by atoms with van der Waals surface area (Å²) in [4.78, 5) is 26.4. The van der Waals surface area contributed by atoms with E-state index in [1.165, 1.54) is 35.9 Å². The number of alkyl halides is 3. The summed E-state index contributed by atoms with van der Waals surface area (Å²) in [5.74, 6) is -0.416. The Morgan fingerprint density at radius 2 is 1.70 bits per heavy atom. The van der Waals surface area contributed by atoms with Gasteiger partial charge in [-0.05, 0) is 82.5 Å². The molecule has 2 atom stereocenters. The number of hydrogen-bond donors (Lipinski definition) is 0. The van der Waals surface area contributed by atoms with Gasteiger partial charge in [-0.1, -0.05) is 18.6 Å². The zero-order valence-corrected chi connectivity index (χ0v) is 23.6. The van der Waals surface area contributed by atoms with Crippen molar-refractivity contribution in [3.8, 4) is 5.75 Å². The van der Waals surface area contributed by atoms with Crippen molar-refractivity contribution in [2.45, 2.75) is 70.8 Å². The van der Waals surface area contributed by atoms with Crippen LogP contribution in [0.25, 0.3) is 10.9 Å². The number of fused-ring (bicyclic) bond motifs is 1. The van der Waals surface area contributed by atoms with Crippen LogP contribution in [0.4, 0.5) is 18.0 Å². The minimum atomic E-state index is -4.66. The molecule has 1 unspecified atom stereocenters. The molecule has 7 nitrogen and oxygen atoms in total. The number of esters is 1. The molecule has 0 bridgehead atoms. The van der Waals surface area contributed by atoms with Gasteiger partial charge in [0.25, 0.3) is 0 Å². The summed E-state index contributed by atoms with van der Waals surface area (Å²) in [6.45, 7) is 7.12. The van der Waals surface area contributed by atoms with Crippen molar-refractivity contribution in [2.75, 3.05) is 20.8 Å². The van der Waals surface area contributed by atoms with Crippen LogP contribution in [-0.2, 0) is 9.47 Å². The van der Waals surface area contributed by atoms with E-state index in [1.54, 1.807) is 58.0 Å². The lowest BCUT2D eigenvalue weighted by molar-refractivity contribution is -0.196. The average Bonchev–Trinajstić information content (AvgIpc) is 3.34. The van der Waals surface area contributed by atoms with E-state index in [4.69, 9.17) is 14.2 Å². The molecule has 2 heterocycles. The summed E-state index contributed by atoms with van der Waals surface area (Å²) in [5, 5.41) is 0.274. The SMILES string of the molecule is COC(=O)c1ccc([C@@H]2CCCCN2C(c2c(OC)cc(C)c3c2ccn3C(=O)OC(C)(C)C)C(F)(F)F)cc1. The maximum absolute atomic E-state index is 15.2. The Balaban J connectivity index is 1.88. The average molecular weight is 561 g/mol. The molecule has 4 rings (SSSR count). The molecule has 1 saturated heterocycles. The van der Waals surface area contributed by atoms with Gasteiger partial charge in [0.2, 0.25) is 0 Å². The number of rotatable bonds is 5. The van der Waals surface area contributed by atoms with Gasteiger partial charge in [0.05, 0.1) is 25.3 Å². The number of aromatic nitrogens is 1. The monoisotopic (exact) mass is 560 g/mol. The predicted molar refractivity (Wildman–Crippen MR) is 145 cm³/mol. The lowest BCUT2D eigenvalue weighted by atomic mass is 9.89. The van der Waals surface area contributed by atoms with Crippen molar-refractivity contribution in [1.82, 2.24) is 9.47 Å². The molecule has 10 heteroatoms. The van der Waals surface area contributed by atoms with E-state index in [2.05, 4.69) is 0 Å². The lowest BCUT2D eigenvalue weighted by Gasteiger charge is -2.43. The molecule has 40 heavy (non-hydrogen) atoms. The summed E-state index contributed by atoms with van der Waals surface area (Å²) < 4.78 is 62.6. The minimum absolute atomic E-state index is 0.0454. The Morgan fingerprint density at radius 3 is 2.27 bits per heavy atom. The Morgan fingerprint density at radius 1 is 1.02 bits per heavy atom. The van der Waals surface area contributed by atoms with E-state index in [0.717, 1.165) is 6.42 Å². The number of benzene rings is 2. The van der Waals surface area contributed by atoms with Crippen LogP contribution < -0.4 is 4.74 Å². The summed E-state index contributed by atoms with van der Waals surface area (Å²) in [7, 11) is 2.63. The van der Waals surface area contributed by atoms with Gasteiger partial charge in [0.1, 0.15) is 17.4 Å². The van der Waals surface area contributed by atoms with Crippen molar-refractivity contribution in [3.63, 3.8) is 0 Å². The van der Waals surface area contributed by atoms with E-state index in [1.807, 2.05) is 0 Å². The van der Waals surface area contributed by atoms with Gasteiger partial charge in [-0.2, -0.15) is 13.2 Å². The smallest absolute Gasteiger partial charge is 0.419 e. The number of likely N-dealkylation sites (tertiary alicyclic amines) is 1. The largest absolute Gasteiger partial charge is 0.496 e. The minimum Gasteiger partial charge on any atom is -0.496 e. The molecule has 0 amide bonds. The quantitative estimate of drug-likeness (QED) is 0.304. The summed E-state index contributed by atoms with van der Waals surface area (Å²) in [5.41, 5.74) is 1.10. The van der Waals surface area contributed by atoms with E-state index >= 15 is 13.2 Å². The third kappa shape index (κ3) is 5.82. The van der Waals surface area contributed by atoms with E-state index in [0.29, 0.717) is 35.0 Å². The normalized spacial score (nSPS) is 17.5. The van der Waals surface area contributed by atoms with Gasteiger partial charge in [-0.15, -0.1) is 0 Å². The van der Waals surface area contributed by atoms with Crippen LogP contribution in [0.3, 0.4) is 0 Å². The van der Waals surface area contributed by atoms with Crippen LogP contribution in [-0.4, -0.2) is 54.1 Å². The van der Waals surface area contributed by atoms with Crippen LogP contribution in [0.1, 0.15) is 79.2 Å². The summed E-state index contributed by atoms with van der Waals surface area (Å²) in [6.07, 6.45) is -2.02. The maximum atomic E-state index is 15.2. The summed E-state index contributed by atoms with van der Waals surface area (Å²) >= 11 is 0. The fourth-order valence-corrected chi connectivity index (χ4v) is 5.54. The molecule has 0 aliphatic carbocycles. The van der Waals surface area contributed by atoms with E-state index in [-0.39, 0.29) is 23.2 Å². The highest BCUT2D eigenvalue weighted by molar-refractivity contribution is 5.95. The third-order valence-corrected chi connectivity index (χ3v) is 7.15. The molecule has 1 fully saturated rings. The van der Waals surface area contributed by atoms with Crippen molar-refractivity contribution in [1.29, 1.82) is 0 Å². The zero-order chi connectivity index (χ0) is 29.4. The first-order valence-corrected chi connectivity index (χ1v) is 13.2. The Kier molecular flexibility index (Phi) is 8.21. The fraction of sp³-hybridized carbons (Fsp3) is 0.467. The molecule has 216 valence electrons. The van der Waals surface area contributed by atoms with Crippen molar-refractivity contribution in [3.05, 3.63) is 64.8 Å². The molecular formula is C30H35F3N2O5. The second-order valence-corrected chi connectivity index (χ2v) is 11.0. The van der Waals surface area contributed by atoms with Crippen molar-refractivity contribution < 1.29 is 37.0 Å². The maximum Gasteiger partial charge on any atom is 0.419 e. The van der Waals surface area contributed by atoms with Gasteiger partial charge in [-0.3, -0.25) is 9.47 Å². The number of carbonyl (C=O) groups excluding carboxylic acids is 2. The molecule has 0 N–H and O–H groups in total. The third-order valence-electron chi connectivity index (χ3n) is 7.15. The van der Waals surface area contributed by atoms with Crippen LogP contribution in [0.15, 0.2) is 42.6 Å². The lowest BCUT2D eigenvalue weighted by Crippen LogP contribution is -2.43. The molecule has 0 spiro atoms. The van der Waals surface area contributed by atoms with Gasteiger partial charge in [0.15, 0.2) is 0 Å². The highest BCUT2D eigenvalue weighted by atomic mass is 19.4. The van der Waals surface area contributed by atoms with Crippen molar-refractivity contribution in [2.24, 2.45) is 0 Å². The van der Waals surface area contributed by atoms with Crippen LogP contribution in [0.5, 0.6) is 5.75 Å². The number of hydrogen-bond acceptors (Lipinski definition) is 6. The highest BCUT2D eigenvalue weighted by Gasteiger charge is 2.50. The molecule has 2 aromatic carbocycles. The van der Waals surface area contributed by atoms with E-state index in [9.17, 15) is 9.59 Å². The standard InChI is InChI=1S/C30H35F3N2O5/c1-18-17-23(38-5)24(21-14-16-35(25(18)21)28(37)40-29(2,3)4)26(30(31,32)33)34-15-8-7-9-22(34)19-10-12-20(13-11-19)27(36)39-6/h10-14,16-17,22,26H,7-9,15H2,1-6H3/t22-,26?/m0/s1. The molecule has 3 aromatic rings. The second kappa shape index (κ2) is 11.2. The molecule has 0 saturated carbocycles. The fourth-order valence-electron chi connectivity index (χ4n) is 5.54. The number of ether oxygens (including phenoxy) is 3. The first kappa shape index (κ1) is 29.5. The Hall–Kier alpha value is -3.53. The number of methoxy groups -OCH3 is 2. The number of halogens is 3. The molecule has 1 aliphatic heterocycles. The van der Waals surface area contributed by atoms with E-state index < -0.39 is 35.9 Å². The van der Waals surface area contributed by atoms with Crippen LogP contribution in [0.2, 0.25) is 0 Å². The van der Waals surface area contributed by atoms with Crippen LogP contribution >= 0.6 is 0 Å². The molecule has 1 aromatic heterocycles. The predicted octanol–water partition coefficient (Wildman–Crippen LogP) is 7.36. The number of nitrogens with zero attached hydrogens (tertiary/aromatic N) is 2. The molecule has 1 aliphatic rings. The first-order chi connectivity index (χ1) is 18.8. The number of piperidine rings is 1.